The molecule has 1 aliphatic rings. The Morgan fingerprint density at radius 3 is 2.78 bits per heavy atom. The summed E-state index contributed by atoms with van der Waals surface area (Å²) in [6.45, 7) is 5.46. The first-order valence-electron chi connectivity index (χ1n) is 8.10. The number of carbonyl (C=O) groups is 1. The summed E-state index contributed by atoms with van der Waals surface area (Å²) in [6, 6.07) is 10.1. The molecule has 3 rings (SSSR count). The van der Waals surface area contributed by atoms with Crippen LogP contribution in [0.2, 0.25) is 0 Å². The first-order valence-corrected chi connectivity index (χ1v) is 8.98. The van der Waals surface area contributed by atoms with Crippen molar-refractivity contribution in [1.29, 1.82) is 0 Å². The van der Waals surface area contributed by atoms with Gasteiger partial charge in [0.25, 0.3) is 0 Å². The van der Waals surface area contributed by atoms with Crippen LogP contribution in [0, 0.1) is 13.8 Å². The summed E-state index contributed by atoms with van der Waals surface area (Å²) >= 11 is 1.51. The van der Waals surface area contributed by atoms with Crippen LogP contribution in [0.5, 0.6) is 0 Å². The largest absolute Gasteiger partial charge is 0.322 e. The second-order valence-corrected chi connectivity index (χ2v) is 6.91. The average molecular weight is 326 g/mol. The lowest BCUT2D eigenvalue weighted by Gasteiger charge is -2.29. The summed E-state index contributed by atoms with van der Waals surface area (Å²) < 4.78 is 0. The molecular weight excluding hydrogens is 304 g/mol. The van der Waals surface area contributed by atoms with E-state index >= 15 is 0 Å². The van der Waals surface area contributed by atoms with Crippen molar-refractivity contribution < 1.29 is 4.79 Å². The van der Waals surface area contributed by atoms with E-state index in [9.17, 15) is 4.79 Å². The van der Waals surface area contributed by atoms with E-state index in [4.69, 9.17) is 4.99 Å². The van der Waals surface area contributed by atoms with Crippen molar-refractivity contribution in [3.8, 4) is 0 Å². The number of anilines is 1. The number of benzene rings is 1. The lowest BCUT2D eigenvalue weighted by molar-refractivity contribution is 0.101. The van der Waals surface area contributed by atoms with Gasteiger partial charge in [0.1, 0.15) is 5.84 Å². The molecule has 0 unspecified atom stereocenters. The molecule has 0 N–H and O–H groups in total. The highest BCUT2D eigenvalue weighted by Crippen LogP contribution is 2.26. The first-order chi connectivity index (χ1) is 11.2. The van der Waals surface area contributed by atoms with Crippen molar-refractivity contribution in [2.24, 2.45) is 4.99 Å². The zero-order valence-corrected chi connectivity index (χ0v) is 14.5. The molecule has 0 radical (unpaired) electrons. The highest BCUT2D eigenvalue weighted by Gasteiger charge is 2.21. The molecular formula is C19H22N2OS. The Morgan fingerprint density at radius 1 is 1.22 bits per heavy atom. The summed E-state index contributed by atoms with van der Waals surface area (Å²) in [5.74, 6) is 1.21. The Bertz CT molecular complexity index is 719. The van der Waals surface area contributed by atoms with Crippen LogP contribution < -0.4 is 4.90 Å². The van der Waals surface area contributed by atoms with Gasteiger partial charge in [0.05, 0.1) is 11.4 Å². The molecule has 0 fully saturated rings. The summed E-state index contributed by atoms with van der Waals surface area (Å²) in [5.41, 5.74) is 3.57. The Kier molecular flexibility index (Phi) is 4.91. The molecule has 120 valence electrons. The summed E-state index contributed by atoms with van der Waals surface area (Å²) in [7, 11) is 0. The second-order valence-electron chi connectivity index (χ2n) is 5.96. The predicted octanol–water partition coefficient (Wildman–Crippen LogP) is 4.64. The van der Waals surface area contributed by atoms with Crippen molar-refractivity contribution in [1.82, 2.24) is 0 Å². The van der Waals surface area contributed by atoms with Crippen LogP contribution in [-0.4, -0.2) is 24.7 Å². The Morgan fingerprint density at radius 2 is 2.09 bits per heavy atom. The second kappa shape index (κ2) is 7.09. The molecule has 0 atom stereocenters. The highest BCUT2D eigenvalue weighted by atomic mass is 32.1. The predicted molar refractivity (Wildman–Crippen MR) is 98.1 cm³/mol. The zero-order chi connectivity index (χ0) is 16.2. The van der Waals surface area contributed by atoms with Gasteiger partial charge in [-0.05, 0) is 55.3 Å². The van der Waals surface area contributed by atoms with Crippen molar-refractivity contribution in [2.45, 2.75) is 33.1 Å². The van der Waals surface area contributed by atoms with E-state index in [1.807, 2.05) is 17.5 Å². The molecule has 2 aromatic rings. The zero-order valence-electron chi connectivity index (χ0n) is 13.7. The van der Waals surface area contributed by atoms with Gasteiger partial charge in [-0.25, -0.2) is 0 Å². The molecule has 4 heteroatoms. The minimum absolute atomic E-state index is 0.161. The Hall–Kier alpha value is -1.94. The third-order valence-electron chi connectivity index (χ3n) is 4.38. The fourth-order valence-electron chi connectivity index (χ4n) is 2.90. The van der Waals surface area contributed by atoms with E-state index in [1.54, 1.807) is 0 Å². The lowest BCUT2D eigenvalue weighted by atomic mass is 10.1. The van der Waals surface area contributed by atoms with Gasteiger partial charge in [0, 0.05) is 18.7 Å². The number of carbonyl (C=O) groups excluding carboxylic acids is 1. The van der Waals surface area contributed by atoms with Crippen LogP contribution in [-0.2, 0) is 0 Å². The molecule has 0 amide bonds. The van der Waals surface area contributed by atoms with E-state index in [1.165, 1.54) is 22.5 Å². The van der Waals surface area contributed by atoms with Crippen LogP contribution in [0.25, 0.3) is 0 Å². The van der Waals surface area contributed by atoms with Gasteiger partial charge in [-0.1, -0.05) is 18.2 Å². The maximum atomic E-state index is 12.6. The van der Waals surface area contributed by atoms with Crippen molar-refractivity contribution in [2.75, 3.05) is 18.0 Å². The van der Waals surface area contributed by atoms with Gasteiger partial charge in [-0.3, -0.25) is 9.79 Å². The number of nitrogens with zero attached hydrogens (tertiary/aromatic N) is 2. The molecule has 0 saturated heterocycles. The van der Waals surface area contributed by atoms with Gasteiger partial charge in [0.2, 0.25) is 0 Å². The molecule has 0 spiro atoms. The van der Waals surface area contributed by atoms with Gasteiger partial charge in [-0.2, -0.15) is 0 Å². The maximum absolute atomic E-state index is 12.6. The molecule has 0 aliphatic carbocycles. The molecule has 1 aromatic heterocycles. The molecule has 23 heavy (non-hydrogen) atoms. The Balaban J connectivity index is 1.95. The standard InChI is InChI=1S/C19H22N2OS/c1-14-7-5-8-16(15(14)2)21(19-10-3-4-11-20-19)13-17(22)18-9-6-12-23-18/h5-9,12H,3-4,10-11,13H2,1-2H3. The highest BCUT2D eigenvalue weighted by molar-refractivity contribution is 7.12. The summed E-state index contributed by atoms with van der Waals surface area (Å²) in [5, 5.41) is 1.95. The van der Waals surface area contributed by atoms with E-state index in [0.29, 0.717) is 6.54 Å². The number of hydrogen-bond acceptors (Lipinski definition) is 4. The van der Waals surface area contributed by atoms with Crippen molar-refractivity contribution in [3.63, 3.8) is 0 Å². The third-order valence-corrected chi connectivity index (χ3v) is 5.29. The van der Waals surface area contributed by atoms with Crippen LogP contribution in [0.15, 0.2) is 40.7 Å². The minimum Gasteiger partial charge on any atom is -0.322 e. The van der Waals surface area contributed by atoms with Gasteiger partial charge in [0.15, 0.2) is 5.78 Å². The molecule has 0 bridgehead atoms. The molecule has 0 saturated carbocycles. The van der Waals surface area contributed by atoms with Gasteiger partial charge < -0.3 is 4.90 Å². The molecule has 3 nitrogen and oxygen atoms in total. The molecule has 1 aliphatic heterocycles. The number of aryl methyl sites for hydroxylation is 1. The van der Waals surface area contributed by atoms with Crippen molar-refractivity contribution >= 4 is 28.6 Å². The third kappa shape index (κ3) is 3.53. The van der Waals surface area contributed by atoms with E-state index < -0.39 is 0 Å². The van der Waals surface area contributed by atoms with E-state index in [2.05, 4.69) is 36.9 Å². The van der Waals surface area contributed by atoms with E-state index in [-0.39, 0.29) is 5.78 Å². The Labute approximate surface area is 141 Å². The van der Waals surface area contributed by atoms with Crippen LogP contribution in [0.3, 0.4) is 0 Å². The van der Waals surface area contributed by atoms with Crippen LogP contribution in [0.4, 0.5) is 5.69 Å². The summed E-state index contributed by atoms with van der Waals surface area (Å²) in [4.78, 5) is 20.3. The lowest BCUT2D eigenvalue weighted by Crippen LogP contribution is -2.37. The molecule has 2 heterocycles. The summed E-state index contributed by atoms with van der Waals surface area (Å²) in [6.07, 6.45) is 3.24. The smallest absolute Gasteiger partial charge is 0.192 e. The topological polar surface area (TPSA) is 32.7 Å². The van der Waals surface area contributed by atoms with E-state index in [0.717, 1.165) is 42.2 Å². The van der Waals surface area contributed by atoms with Gasteiger partial charge >= 0.3 is 0 Å². The molecule has 1 aromatic carbocycles. The number of amidine groups is 1. The monoisotopic (exact) mass is 326 g/mol. The average Bonchev–Trinajstić information content (AvgIpc) is 3.11. The maximum Gasteiger partial charge on any atom is 0.192 e. The fraction of sp³-hybridized carbons (Fsp3) is 0.368. The number of thiophene rings is 1. The number of hydrogen-bond donors (Lipinski definition) is 0. The number of rotatable bonds is 4. The van der Waals surface area contributed by atoms with Crippen molar-refractivity contribution in [3.05, 3.63) is 51.7 Å². The SMILES string of the molecule is Cc1cccc(N(CC(=O)c2cccs2)C2=NCCCC2)c1C. The normalized spacial score (nSPS) is 14.4. The number of Topliss-reactive ketones (excluding diaryl/α,β-unsaturated/α-hetero) is 1. The van der Waals surface area contributed by atoms with Crippen LogP contribution >= 0.6 is 11.3 Å². The fourth-order valence-corrected chi connectivity index (χ4v) is 3.56. The van der Waals surface area contributed by atoms with Gasteiger partial charge in [-0.15, -0.1) is 11.3 Å². The minimum atomic E-state index is 0.161. The van der Waals surface area contributed by atoms with Crippen LogP contribution in [0.1, 0.15) is 40.1 Å². The quantitative estimate of drug-likeness (QED) is 0.767. The number of aliphatic imine (C=N–C) groups is 1. The first kappa shape index (κ1) is 15.9. The number of ketones is 1.